The van der Waals surface area contributed by atoms with Gasteiger partial charge in [0.25, 0.3) is 0 Å². The van der Waals surface area contributed by atoms with Crippen LogP contribution in [-0.2, 0) is 14.3 Å². The highest BCUT2D eigenvalue weighted by molar-refractivity contribution is 6.08. The quantitative estimate of drug-likeness (QED) is 0.426. The number of esters is 1. The van der Waals surface area contributed by atoms with Gasteiger partial charge in [-0.1, -0.05) is 43.7 Å². The van der Waals surface area contributed by atoms with Crippen molar-refractivity contribution >= 4 is 28.9 Å². The number of methoxy groups -OCH3 is 1. The molecule has 0 bridgehead atoms. The monoisotopic (exact) mass is 421 g/mol. The van der Waals surface area contributed by atoms with E-state index in [-0.39, 0.29) is 12.5 Å². The van der Waals surface area contributed by atoms with E-state index in [1.807, 2.05) is 53.1 Å². The van der Waals surface area contributed by atoms with Crippen molar-refractivity contribution in [2.24, 2.45) is 5.92 Å². The van der Waals surface area contributed by atoms with Crippen LogP contribution in [0.15, 0.2) is 48.5 Å². The summed E-state index contributed by atoms with van der Waals surface area (Å²) in [6.45, 7) is 4.51. The molecule has 0 unspecified atom stereocenters. The summed E-state index contributed by atoms with van der Waals surface area (Å²) in [4.78, 5) is 33.3. The van der Waals surface area contributed by atoms with E-state index in [1.165, 1.54) is 0 Å². The molecule has 0 saturated heterocycles. The molecule has 162 valence electrons. The van der Waals surface area contributed by atoms with Gasteiger partial charge in [0.05, 0.1) is 30.8 Å². The van der Waals surface area contributed by atoms with Crippen molar-refractivity contribution in [3.05, 3.63) is 54.1 Å². The lowest BCUT2D eigenvalue weighted by molar-refractivity contribution is -0.153. The zero-order valence-electron chi connectivity index (χ0n) is 18.1. The maximum Gasteiger partial charge on any atom is 0.321 e. The van der Waals surface area contributed by atoms with Crippen LogP contribution < -0.4 is 9.64 Å². The van der Waals surface area contributed by atoms with Gasteiger partial charge in [0.15, 0.2) is 5.92 Å². The summed E-state index contributed by atoms with van der Waals surface area (Å²) in [5.41, 5.74) is 2.38. The summed E-state index contributed by atoms with van der Waals surface area (Å²) in [5, 5.41) is 0. The average Bonchev–Trinajstić information content (AvgIpc) is 3.17. The molecule has 1 aromatic heterocycles. The topological polar surface area (TPSA) is 73.7 Å². The number of hydrogen-bond donors (Lipinski definition) is 0. The fraction of sp³-hybridized carbons (Fsp3) is 0.375. The Morgan fingerprint density at radius 3 is 2.58 bits per heavy atom. The molecule has 0 N–H and O–H groups in total. The smallest absolute Gasteiger partial charge is 0.321 e. The molecule has 4 rings (SSSR count). The van der Waals surface area contributed by atoms with Crippen LogP contribution in [0.2, 0.25) is 0 Å². The van der Waals surface area contributed by atoms with E-state index in [0.29, 0.717) is 18.2 Å². The molecule has 1 amide bonds. The number of unbranched alkanes of at least 4 members (excludes halogenated alkanes) is 1. The predicted octanol–water partition coefficient (Wildman–Crippen LogP) is 3.96. The Bertz CT molecular complexity index is 1110. The number of hydrogen-bond acceptors (Lipinski definition) is 5. The second kappa shape index (κ2) is 8.79. The van der Waals surface area contributed by atoms with Crippen LogP contribution in [0, 0.1) is 5.92 Å². The molecule has 1 aliphatic heterocycles. The molecule has 0 fully saturated rings. The van der Waals surface area contributed by atoms with Crippen LogP contribution in [0.3, 0.4) is 0 Å². The number of aromatic nitrogens is 2. The average molecular weight is 421 g/mol. The number of benzene rings is 2. The van der Waals surface area contributed by atoms with Crippen LogP contribution in [0.4, 0.5) is 5.95 Å². The molecular formula is C24H27N3O4. The number of amides is 1. The van der Waals surface area contributed by atoms with Gasteiger partial charge in [-0.3, -0.25) is 14.5 Å². The third kappa shape index (κ3) is 3.54. The van der Waals surface area contributed by atoms with Crippen molar-refractivity contribution < 1.29 is 19.1 Å². The van der Waals surface area contributed by atoms with Gasteiger partial charge in [-0.2, -0.15) is 0 Å². The van der Waals surface area contributed by atoms with Crippen molar-refractivity contribution in [3.8, 4) is 5.75 Å². The van der Waals surface area contributed by atoms with Gasteiger partial charge in [-0.25, -0.2) is 4.98 Å². The highest BCUT2D eigenvalue weighted by Crippen LogP contribution is 2.43. The molecule has 0 aliphatic carbocycles. The minimum absolute atomic E-state index is 0.202. The van der Waals surface area contributed by atoms with Crippen LogP contribution >= 0.6 is 0 Å². The normalized spacial score (nSPS) is 18.2. The molecule has 0 spiro atoms. The number of nitrogens with zero attached hydrogens (tertiary/aromatic N) is 3. The zero-order chi connectivity index (χ0) is 22.0. The van der Waals surface area contributed by atoms with Crippen molar-refractivity contribution in [2.75, 3.05) is 25.2 Å². The number of carbonyl (C=O) groups excluding carboxylic acids is 2. The fourth-order valence-electron chi connectivity index (χ4n) is 4.26. The molecule has 2 aromatic carbocycles. The lowest BCUT2D eigenvalue weighted by Gasteiger charge is -2.38. The number of carbonyl (C=O) groups is 2. The standard InChI is InChI=1S/C24H27N3O4/c1-4-6-15-26-22(28)20(23(29)31-5-2)21(16-11-7-10-14-19(16)30-3)27-18-13-9-8-12-17(18)25-24(26)27/h7-14,20-21H,4-6,15H2,1-3H3/t20-,21-/m1/s1. The SMILES string of the molecule is CCCCN1C(=O)[C@H](C(=O)OCC)[C@@H](c2ccccc2OC)n2c1nc1ccccc12. The second-order valence-electron chi connectivity index (χ2n) is 7.53. The van der Waals surface area contributed by atoms with Crippen molar-refractivity contribution in [1.29, 1.82) is 0 Å². The molecule has 7 nitrogen and oxygen atoms in total. The molecular weight excluding hydrogens is 394 g/mol. The van der Waals surface area contributed by atoms with Crippen molar-refractivity contribution in [2.45, 2.75) is 32.7 Å². The van der Waals surface area contributed by atoms with E-state index in [9.17, 15) is 9.59 Å². The van der Waals surface area contributed by atoms with Crippen LogP contribution in [0.25, 0.3) is 11.0 Å². The minimum Gasteiger partial charge on any atom is -0.496 e. The third-order valence-corrected chi connectivity index (χ3v) is 5.68. The Balaban J connectivity index is 2.01. The predicted molar refractivity (Wildman–Crippen MR) is 118 cm³/mol. The molecule has 0 radical (unpaired) electrons. The number of anilines is 1. The van der Waals surface area contributed by atoms with Crippen LogP contribution in [0.5, 0.6) is 5.75 Å². The Hall–Kier alpha value is -3.35. The van der Waals surface area contributed by atoms with Gasteiger partial charge in [0.2, 0.25) is 11.9 Å². The first-order chi connectivity index (χ1) is 15.1. The Kier molecular flexibility index (Phi) is 5.93. The van der Waals surface area contributed by atoms with E-state index in [2.05, 4.69) is 6.92 Å². The van der Waals surface area contributed by atoms with E-state index in [0.717, 1.165) is 29.4 Å². The molecule has 2 heterocycles. The first-order valence-electron chi connectivity index (χ1n) is 10.7. The maximum atomic E-state index is 13.7. The molecule has 31 heavy (non-hydrogen) atoms. The summed E-state index contributed by atoms with van der Waals surface area (Å²) in [7, 11) is 1.59. The maximum absolute atomic E-state index is 13.7. The van der Waals surface area contributed by atoms with Gasteiger partial charge in [-0.15, -0.1) is 0 Å². The summed E-state index contributed by atoms with van der Waals surface area (Å²) < 4.78 is 13.0. The van der Waals surface area contributed by atoms with Gasteiger partial charge < -0.3 is 14.0 Å². The van der Waals surface area contributed by atoms with Crippen LogP contribution in [-0.4, -0.2) is 41.7 Å². The lowest BCUT2D eigenvalue weighted by atomic mass is 9.88. The second-order valence-corrected chi connectivity index (χ2v) is 7.53. The summed E-state index contributed by atoms with van der Waals surface area (Å²) in [6.07, 6.45) is 1.73. The highest BCUT2D eigenvalue weighted by Gasteiger charge is 2.48. The lowest BCUT2D eigenvalue weighted by Crippen LogP contribution is -2.50. The Morgan fingerprint density at radius 2 is 1.84 bits per heavy atom. The summed E-state index contributed by atoms with van der Waals surface area (Å²) in [6, 6.07) is 14.6. The molecule has 0 saturated carbocycles. The minimum atomic E-state index is -1.03. The number of ether oxygens (including phenoxy) is 2. The highest BCUT2D eigenvalue weighted by atomic mass is 16.5. The van der Waals surface area contributed by atoms with Crippen LogP contribution in [0.1, 0.15) is 38.3 Å². The first-order valence-corrected chi connectivity index (χ1v) is 10.7. The number of fused-ring (bicyclic) bond motifs is 3. The van der Waals surface area contributed by atoms with E-state index >= 15 is 0 Å². The van der Waals surface area contributed by atoms with Gasteiger partial charge in [0.1, 0.15) is 5.75 Å². The van der Waals surface area contributed by atoms with Gasteiger partial charge >= 0.3 is 5.97 Å². The molecule has 2 atom stereocenters. The number of rotatable bonds is 7. The molecule has 7 heteroatoms. The van der Waals surface area contributed by atoms with E-state index in [1.54, 1.807) is 18.9 Å². The van der Waals surface area contributed by atoms with E-state index in [4.69, 9.17) is 14.5 Å². The fourth-order valence-corrected chi connectivity index (χ4v) is 4.26. The Morgan fingerprint density at radius 1 is 1.10 bits per heavy atom. The summed E-state index contributed by atoms with van der Waals surface area (Å²) >= 11 is 0. The van der Waals surface area contributed by atoms with Crippen molar-refractivity contribution in [1.82, 2.24) is 9.55 Å². The molecule has 3 aromatic rings. The zero-order valence-corrected chi connectivity index (χ0v) is 18.1. The largest absolute Gasteiger partial charge is 0.496 e. The first kappa shape index (κ1) is 20.9. The molecule has 1 aliphatic rings. The Labute approximate surface area is 181 Å². The van der Waals surface area contributed by atoms with Crippen molar-refractivity contribution in [3.63, 3.8) is 0 Å². The summed E-state index contributed by atoms with van der Waals surface area (Å²) in [5.74, 6) is -0.686. The number of imidazole rings is 1. The number of para-hydroxylation sites is 3. The third-order valence-electron chi connectivity index (χ3n) is 5.68. The van der Waals surface area contributed by atoms with Gasteiger partial charge in [-0.05, 0) is 31.5 Å². The van der Waals surface area contributed by atoms with E-state index < -0.39 is 17.9 Å². The van der Waals surface area contributed by atoms with Gasteiger partial charge in [0, 0.05) is 12.1 Å².